The predicted molar refractivity (Wildman–Crippen MR) is 123 cm³/mol. The maximum Gasteiger partial charge on any atom is 0.490 e. The molecular formula is C23H28F3N3O6S. The number of pyridine rings is 1. The van der Waals surface area contributed by atoms with Crippen molar-refractivity contribution in [2.75, 3.05) is 26.7 Å². The molecule has 1 N–H and O–H groups in total. The van der Waals surface area contributed by atoms with E-state index in [2.05, 4.69) is 9.88 Å². The number of nitrogens with zero attached hydrogens (tertiary/aromatic N) is 3. The van der Waals surface area contributed by atoms with E-state index in [-0.39, 0.29) is 10.9 Å². The second-order valence-electron chi connectivity index (χ2n) is 8.81. The van der Waals surface area contributed by atoms with Gasteiger partial charge in [0.15, 0.2) is 0 Å². The summed E-state index contributed by atoms with van der Waals surface area (Å²) in [4.78, 5) is 15.7. The molecule has 2 aliphatic rings. The number of carboxylic acids is 1. The molecule has 1 unspecified atom stereocenters. The number of alkyl halides is 3. The number of carbonyl (C=O) groups is 1. The molecule has 2 aromatic rings. The number of benzene rings is 1. The number of carboxylic acid groups (broad SMARTS) is 1. The number of methoxy groups -OCH3 is 1. The number of likely N-dealkylation sites (tertiary alicyclic amines) is 1. The lowest BCUT2D eigenvalue weighted by Crippen LogP contribution is -2.51. The second kappa shape index (κ2) is 10.6. The summed E-state index contributed by atoms with van der Waals surface area (Å²) in [7, 11) is -1.99. The molecule has 0 bridgehead atoms. The van der Waals surface area contributed by atoms with Crippen LogP contribution in [0.5, 0.6) is 11.6 Å². The number of sulfonamides is 1. The van der Waals surface area contributed by atoms with Gasteiger partial charge in [-0.05, 0) is 32.0 Å². The first-order chi connectivity index (χ1) is 16.8. The molecule has 2 aliphatic heterocycles. The number of aliphatic carboxylic acids is 1. The topological polar surface area (TPSA) is 109 Å². The lowest BCUT2D eigenvalue weighted by molar-refractivity contribution is -0.192. The number of hydrogen-bond donors (Lipinski definition) is 1. The van der Waals surface area contributed by atoms with E-state index in [1.54, 1.807) is 35.8 Å². The molecule has 0 aliphatic carbocycles. The minimum Gasteiger partial charge on any atom is -0.483 e. The summed E-state index contributed by atoms with van der Waals surface area (Å²) in [5.74, 6) is -1.70. The van der Waals surface area contributed by atoms with Crippen LogP contribution in [0.3, 0.4) is 0 Å². The van der Waals surface area contributed by atoms with Gasteiger partial charge in [0.25, 0.3) is 0 Å². The smallest absolute Gasteiger partial charge is 0.483 e. The lowest BCUT2D eigenvalue weighted by Gasteiger charge is -2.33. The summed E-state index contributed by atoms with van der Waals surface area (Å²) in [6.45, 7) is 6.28. The molecule has 0 saturated carbocycles. The molecule has 1 saturated heterocycles. The molecule has 1 atom stereocenters. The van der Waals surface area contributed by atoms with E-state index in [9.17, 15) is 21.6 Å². The van der Waals surface area contributed by atoms with Crippen molar-refractivity contribution in [3.8, 4) is 11.6 Å². The second-order valence-corrected chi connectivity index (χ2v) is 10.7. The first-order valence-corrected chi connectivity index (χ1v) is 12.5. The summed E-state index contributed by atoms with van der Waals surface area (Å²) in [6.07, 6.45) is -2.62. The van der Waals surface area contributed by atoms with Crippen LogP contribution in [0.1, 0.15) is 25.8 Å². The zero-order valence-electron chi connectivity index (χ0n) is 20.0. The maximum atomic E-state index is 13.3. The Kier molecular flexibility index (Phi) is 8.16. The first-order valence-electron chi connectivity index (χ1n) is 11.1. The average molecular weight is 532 g/mol. The third-order valence-electron chi connectivity index (χ3n) is 5.86. The van der Waals surface area contributed by atoms with Crippen molar-refractivity contribution in [1.82, 2.24) is 14.2 Å². The van der Waals surface area contributed by atoms with Gasteiger partial charge in [-0.2, -0.15) is 17.5 Å². The Balaban J connectivity index is 0.000000454. The first kappa shape index (κ1) is 27.7. The van der Waals surface area contributed by atoms with Crippen molar-refractivity contribution in [3.63, 3.8) is 0 Å². The van der Waals surface area contributed by atoms with E-state index in [1.807, 2.05) is 32.0 Å². The van der Waals surface area contributed by atoms with Gasteiger partial charge in [-0.3, -0.25) is 4.90 Å². The molecule has 1 spiro atoms. The highest BCUT2D eigenvalue weighted by atomic mass is 32.2. The fraction of sp³-hybridized carbons (Fsp3) is 0.478. The molecule has 13 heteroatoms. The largest absolute Gasteiger partial charge is 0.490 e. The number of hydrogen-bond acceptors (Lipinski definition) is 7. The molecule has 1 fully saturated rings. The zero-order chi connectivity index (χ0) is 26.7. The number of halogens is 3. The SMILES string of the molecule is COc1ncccc1CN1CCC2(C1)CN(C(C)C)S(=O)(=O)c1ccccc1O2.O=C(O)C(F)(F)F. The van der Waals surface area contributed by atoms with Crippen molar-refractivity contribution in [3.05, 3.63) is 48.2 Å². The molecular weight excluding hydrogens is 503 g/mol. The fourth-order valence-electron chi connectivity index (χ4n) is 4.21. The van der Waals surface area contributed by atoms with Gasteiger partial charge in [-0.25, -0.2) is 18.2 Å². The number of para-hydroxylation sites is 1. The third kappa shape index (κ3) is 6.08. The molecule has 0 radical (unpaired) electrons. The lowest BCUT2D eigenvalue weighted by atomic mass is 10.0. The molecule has 1 aromatic heterocycles. The maximum absolute atomic E-state index is 13.3. The van der Waals surface area contributed by atoms with Gasteiger partial charge in [0, 0.05) is 43.9 Å². The van der Waals surface area contributed by atoms with Crippen LogP contribution in [0.2, 0.25) is 0 Å². The Morgan fingerprint density at radius 1 is 1.22 bits per heavy atom. The minimum absolute atomic E-state index is 0.154. The van der Waals surface area contributed by atoms with Crippen LogP contribution < -0.4 is 9.47 Å². The van der Waals surface area contributed by atoms with Gasteiger partial charge in [-0.15, -0.1) is 0 Å². The summed E-state index contributed by atoms with van der Waals surface area (Å²) in [5, 5.41) is 7.12. The number of aromatic nitrogens is 1. The van der Waals surface area contributed by atoms with Crippen LogP contribution in [0, 0.1) is 0 Å². The minimum atomic E-state index is -5.08. The molecule has 3 heterocycles. The fourth-order valence-corrected chi connectivity index (χ4v) is 6.04. The Morgan fingerprint density at radius 3 is 2.50 bits per heavy atom. The van der Waals surface area contributed by atoms with E-state index in [0.717, 1.165) is 18.5 Å². The van der Waals surface area contributed by atoms with Gasteiger partial charge in [-0.1, -0.05) is 18.2 Å². The summed E-state index contributed by atoms with van der Waals surface area (Å²) >= 11 is 0. The number of ether oxygens (including phenoxy) is 2. The van der Waals surface area contributed by atoms with Crippen molar-refractivity contribution < 1.29 is 41.0 Å². The average Bonchev–Trinajstić information content (AvgIpc) is 3.15. The molecule has 9 nitrogen and oxygen atoms in total. The van der Waals surface area contributed by atoms with Crippen LogP contribution >= 0.6 is 0 Å². The van der Waals surface area contributed by atoms with Crippen LogP contribution in [0.4, 0.5) is 13.2 Å². The Labute approximate surface area is 207 Å². The van der Waals surface area contributed by atoms with Gasteiger partial charge in [0.1, 0.15) is 16.2 Å². The summed E-state index contributed by atoms with van der Waals surface area (Å²) in [5.41, 5.74) is 0.425. The zero-order valence-corrected chi connectivity index (χ0v) is 20.8. The highest BCUT2D eigenvalue weighted by molar-refractivity contribution is 7.89. The van der Waals surface area contributed by atoms with E-state index in [1.165, 1.54) is 0 Å². The standard InChI is InChI=1S/C21H27N3O4S.C2HF3O2/c1-16(2)24-15-21(28-18-8-4-5-9-19(18)29(24,25)26)10-12-23(14-21)13-17-7-6-11-22-20(17)27-3;3-2(4,5)1(6)7/h4-9,11,16H,10,12-15H2,1-3H3;(H,6,7). The Bertz CT molecular complexity index is 1190. The van der Waals surface area contributed by atoms with Gasteiger partial charge in [0.05, 0.1) is 13.7 Å². The normalized spacial score (nSPS) is 21.8. The van der Waals surface area contributed by atoms with E-state index in [0.29, 0.717) is 31.3 Å². The van der Waals surface area contributed by atoms with Crippen LogP contribution in [0.15, 0.2) is 47.5 Å². The van der Waals surface area contributed by atoms with Crippen molar-refractivity contribution in [2.45, 2.75) is 49.5 Å². The van der Waals surface area contributed by atoms with Crippen molar-refractivity contribution in [1.29, 1.82) is 0 Å². The number of fused-ring (bicyclic) bond motifs is 1. The quantitative estimate of drug-likeness (QED) is 0.641. The third-order valence-corrected chi connectivity index (χ3v) is 7.92. The summed E-state index contributed by atoms with van der Waals surface area (Å²) in [6, 6.07) is 10.7. The van der Waals surface area contributed by atoms with Gasteiger partial charge in [0.2, 0.25) is 15.9 Å². The van der Waals surface area contributed by atoms with Gasteiger partial charge >= 0.3 is 12.1 Å². The molecule has 198 valence electrons. The van der Waals surface area contributed by atoms with Crippen molar-refractivity contribution in [2.24, 2.45) is 0 Å². The van der Waals surface area contributed by atoms with Crippen LogP contribution in [0.25, 0.3) is 0 Å². The molecule has 36 heavy (non-hydrogen) atoms. The molecule has 4 rings (SSSR count). The van der Waals surface area contributed by atoms with Gasteiger partial charge < -0.3 is 14.6 Å². The van der Waals surface area contributed by atoms with E-state index < -0.39 is 27.8 Å². The highest BCUT2D eigenvalue weighted by Crippen LogP contribution is 2.39. The predicted octanol–water partition coefficient (Wildman–Crippen LogP) is 3.16. The molecule has 1 aromatic carbocycles. The summed E-state index contributed by atoms with van der Waals surface area (Å²) < 4.78 is 71.7. The Hall–Kier alpha value is -2.90. The number of rotatable bonds is 4. The molecule has 0 amide bonds. The van der Waals surface area contributed by atoms with Crippen molar-refractivity contribution >= 4 is 16.0 Å². The van der Waals surface area contributed by atoms with Crippen LogP contribution in [-0.4, -0.2) is 78.2 Å². The van der Waals surface area contributed by atoms with E-state index >= 15 is 0 Å². The Morgan fingerprint density at radius 2 is 1.89 bits per heavy atom. The monoisotopic (exact) mass is 531 g/mol. The van der Waals surface area contributed by atoms with Crippen LogP contribution in [-0.2, 0) is 21.4 Å². The highest BCUT2D eigenvalue weighted by Gasteiger charge is 2.48. The van der Waals surface area contributed by atoms with E-state index in [4.69, 9.17) is 19.4 Å².